The van der Waals surface area contributed by atoms with Gasteiger partial charge in [-0.3, -0.25) is 0 Å². The van der Waals surface area contributed by atoms with Crippen LogP contribution in [0.2, 0.25) is 0 Å². The first-order valence-electron chi connectivity index (χ1n) is 8.73. The topological polar surface area (TPSA) is 62.0 Å². The second kappa shape index (κ2) is 7.82. The van der Waals surface area contributed by atoms with Crippen molar-refractivity contribution in [2.45, 2.75) is 44.4 Å². The van der Waals surface area contributed by atoms with Crippen LogP contribution in [-0.2, 0) is 6.18 Å². The Balaban J connectivity index is 1.93. The summed E-state index contributed by atoms with van der Waals surface area (Å²) >= 11 is 0. The predicted octanol–water partition coefficient (Wildman–Crippen LogP) is 4.85. The lowest BCUT2D eigenvalue weighted by atomic mass is 9.98. The zero-order valence-corrected chi connectivity index (χ0v) is 14.8. The number of aromatic nitrogens is 2. The van der Waals surface area contributed by atoms with E-state index in [1.165, 1.54) is 11.9 Å². The fourth-order valence-electron chi connectivity index (χ4n) is 3.08. The summed E-state index contributed by atoms with van der Waals surface area (Å²) in [6.07, 6.45) is 1.01. The first kappa shape index (κ1) is 19.0. The normalized spacial score (nSPS) is 15.2. The monoisotopic (exact) mass is 376 g/mol. The number of benzene rings is 1. The Bertz CT molecular complexity index is 824. The number of halogens is 3. The fourth-order valence-corrected chi connectivity index (χ4v) is 3.08. The highest BCUT2D eigenvalue weighted by molar-refractivity contribution is 5.63. The molecule has 27 heavy (non-hydrogen) atoms. The maximum Gasteiger partial charge on any atom is 0.421 e. The molecule has 1 heterocycles. The summed E-state index contributed by atoms with van der Waals surface area (Å²) in [4.78, 5) is 9.16. The molecule has 3 rings (SSSR count). The van der Waals surface area contributed by atoms with Gasteiger partial charge in [0.1, 0.15) is 11.7 Å². The van der Waals surface area contributed by atoms with Gasteiger partial charge in [-0.05, 0) is 49.9 Å². The lowest BCUT2D eigenvalue weighted by Gasteiger charge is -2.25. The summed E-state index contributed by atoms with van der Waals surface area (Å²) in [5.41, 5.74) is -0.0422. The van der Waals surface area contributed by atoms with E-state index in [0.29, 0.717) is 11.3 Å². The van der Waals surface area contributed by atoms with Crippen molar-refractivity contribution >= 4 is 11.5 Å². The maximum atomic E-state index is 13.4. The molecule has 2 aromatic rings. The van der Waals surface area contributed by atoms with Crippen LogP contribution in [0.4, 0.5) is 24.7 Å². The molecule has 1 aliphatic rings. The minimum Gasteiger partial charge on any atom is -0.460 e. The third kappa shape index (κ3) is 4.48. The van der Waals surface area contributed by atoms with Crippen LogP contribution < -0.4 is 9.64 Å². The highest BCUT2D eigenvalue weighted by Crippen LogP contribution is 2.38. The molecule has 1 aromatic heterocycles. The van der Waals surface area contributed by atoms with E-state index in [1.807, 2.05) is 6.07 Å². The number of nitrogens with zero attached hydrogens (tertiary/aromatic N) is 4. The van der Waals surface area contributed by atoms with Crippen LogP contribution in [0, 0.1) is 11.3 Å². The van der Waals surface area contributed by atoms with E-state index in [1.54, 1.807) is 24.3 Å². The van der Waals surface area contributed by atoms with Gasteiger partial charge in [-0.2, -0.15) is 23.4 Å². The molecule has 0 unspecified atom stereocenters. The molecule has 1 aliphatic carbocycles. The molecule has 5 nitrogen and oxygen atoms in total. The number of hydrogen-bond acceptors (Lipinski definition) is 5. The summed E-state index contributed by atoms with van der Waals surface area (Å²) in [7, 11) is 1.49. The average Bonchev–Trinajstić information content (AvgIpc) is 2.67. The Kier molecular flexibility index (Phi) is 5.49. The minimum atomic E-state index is -4.60. The van der Waals surface area contributed by atoms with Crippen LogP contribution in [0.3, 0.4) is 0 Å². The van der Waals surface area contributed by atoms with Gasteiger partial charge in [0.05, 0.1) is 11.6 Å². The lowest BCUT2D eigenvalue weighted by Crippen LogP contribution is -2.23. The Labute approximate surface area is 155 Å². The predicted molar refractivity (Wildman–Crippen MR) is 93.8 cm³/mol. The largest absolute Gasteiger partial charge is 0.460 e. The van der Waals surface area contributed by atoms with E-state index in [4.69, 9.17) is 10.00 Å². The van der Waals surface area contributed by atoms with Gasteiger partial charge in [0.25, 0.3) is 0 Å². The summed E-state index contributed by atoms with van der Waals surface area (Å²) in [5, 5.41) is 8.88. The molecule has 1 saturated carbocycles. The molecule has 0 saturated heterocycles. The summed E-state index contributed by atoms with van der Waals surface area (Å²) in [5.74, 6) is -0.284. The van der Waals surface area contributed by atoms with Gasteiger partial charge in [0, 0.05) is 18.9 Å². The Morgan fingerprint density at radius 2 is 1.81 bits per heavy atom. The Morgan fingerprint density at radius 1 is 1.15 bits per heavy atom. The number of nitriles is 1. The zero-order chi connectivity index (χ0) is 19.4. The molecule has 0 spiro atoms. The number of ether oxygens (including phenoxy) is 1. The van der Waals surface area contributed by atoms with Gasteiger partial charge >= 0.3 is 12.2 Å². The molecule has 0 N–H and O–H groups in total. The molecule has 8 heteroatoms. The summed E-state index contributed by atoms with van der Waals surface area (Å²) < 4.78 is 46.1. The molecule has 0 atom stereocenters. The third-order valence-electron chi connectivity index (χ3n) is 4.58. The molecule has 1 aromatic carbocycles. The highest BCUT2D eigenvalue weighted by Gasteiger charge is 2.37. The van der Waals surface area contributed by atoms with Crippen molar-refractivity contribution in [3.63, 3.8) is 0 Å². The molecule has 142 valence electrons. The van der Waals surface area contributed by atoms with Crippen LogP contribution >= 0.6 is 0 Å². The van der Waals surface area contributed by atoms with Gasteiger partial charge in [0.15, 0.2) is 5.82 Å². The third-order valence-corrected chi connectivity index (χ3v) is 4.58. The van der Waals surface area contributed by atoms with E-state index < -0.39 is 11.7 Å². The number of hydrogen-bond donors (Lipinski definition) is 0. The van der Waals surface area contributed by atoms with Gasteiger partial charge in [-0.25, -0.2) is 4.98 Å². The van der Waals surface area contributed by atoms with E-state index in [9.17, 15) is 13.2 Å². The van der Waals surface area contributed by atoms with Crippen LogP contribution in [0.1, 0.15) is 43.2 Å². The average molecular weight is 376 g/mol. The molecular weight excluding hydrogens is 357 g/mol. The van der Waals surface area contributed by atoms with Crippen LogP contribution in [-0.4, -0.2) is 23.1 Å². The fraction of sp³-hybridized carbons (Fsp3) is 0.421. The lowest BCUT2D eigenvalue weighted by molar-refractivity contribution is -0.137. The number of anilines is 2. The van der Waals surface area contributed by atoms with E-state index in [-0.39, 0.29) is 17.9 Å². The van der Waals surface area contributed by atoms with Crippen molar-refractivity contribution in [1.82, 2.24) is 9.97 Å². The van der Waals surface area contributed by atoms with Crippen LogP contribution in [0.15, 0.2) is 30.5 Å². The maximum absolute atomic E-state index is 13.4. The SMILES string of the molecule is CN(c1ccc(C#N)cc1)c1nc(OC2CCCCC2)ncc1C(F)(F)F. The summed E-state index contributed by atoms with van der Waals surface area (Å²) in [6.45, 7) is 0. The molecule has 1 fully saturated rings. The van der Waals surface area contributed by atoms with Gasteiger partial charge in [-0.15, -0.1) is 0 Å². The van der Waals surface area contributed by atoms with E-state index >= 15 is 0 Å². The first-order valence-corrected chi connectivity index (χ1v) is 8.73. The molecule has 0 bridgehead atoms. The van der Waals surface area contributed by atoms with Crippen LogP contribution in [0.25, 0.3) is 0 Å². The highest BCUT2D eigenvalue weighted by atomic mass is 19.4. The second-order valence-corrected chi connectivity index (χ2v) is 6.48. The van der Waals surface area contributed by atoms with Crippen molar-refractivity contribution < 1.29 is 17.9 Å². The van der Waals surface area contributed by atoms with Crippen molar-refractivity contribution in [3.05, 3.63) is 41.6 Å². The van der Waals surface area contributed by atoms with Crippen molar-refractivity contribution in [3.8, 4) is 12.1 Å². The number of alkyl halides is 3. The van der Waals surface area contributed by atoms with Gasteiger partial charge in [-0.1, -0.05) is 6.42 Å². The standard InChI is InChI=1S/C19H19F3N4O/c1-26(14-9-7-13(11-23)8-10-14)17-16(19(20,21)22)12-24-18(25-17)27-15-5-3-2-4-6-15/h7-10,12,15H,2-6H2,1H3. The van der Waals surface area contributed by atoms with Gasteiger partial charge in [0.2, 0.25) is 0 Å². The second-order valence-electron chi connectivity index (χ2n) is 6.48. The van der Waals surface area contributed by atoms with Crippen molar-refractivity contribution in [1.29, 1.82) is 5.26 Å². The quantitative estimate of drug-likeness (QED) is 0.764. The molecule has 0 amide bonds. The first-order chi connectivity index (χ1) is 12.9. The van der Waals surface area contributed by atoms with Crippen molar-refractivity contribution in [2.75, 3.05) is 11.9 Å². The minimum absolute atomic E-state index is 0.0506. The van der Waals surface area contributed by atoms with E-state index in [2.05, 4.69) is 9.97 Å². The zero-order valence-electron chi connectivity index (χ0n) is 14.8. The van der Waals surface area contributed by atoms with E-state index in [0.717, 1.165) is 38.3 Å². The Morgan fingerprint density at radius 3 is 2.41 bits per heavy atom. The Hall–Kier alpha value is -2.82. The molecule has 0 aliphatic heterocycles. The smallest absolute Gasteiger partial charge is 0.421 e. The van der Waals surface area contributed by atoms with Crippen LogP contribution in [0.5, 0.6) is 6.01 Å². The molecule has 0 radical (unpaired) electrons. The molecular formula is C19H19F3N4O. The van der Waals surface area contributed by atoms with Crippen molar-refractivity contribution in [2.24, 2.45) is 0 Å². The van der Waals surface area contributed by atoms with Gasteiger partial charge < -0.3 is 9.64 Å². The summed E-state index contributed by atoms with van der Waals surface area (Å²) in [6, 6.07) is 8.15. The number of rotatable bonds is 4.